The normalized spacial score (nSPS) is 19.9. The summed E-state index contributed by atoms with van der Waals surface area (Å²) in [6.45, 7) is 1.01. The van der Waals surface area contributed by atoms with E-state index in [2.05, 4.69) is 9.71 Å². The topological polar surface area (TPSA) is 99.6 Å². The third-order valence-corrected chi connectivity index (χ3v) is 4.41. The van der Waals surface area contributed by atoms with E-state index >= 15 is 0 Å². The molecule has 0 saturated carbocycles. The second kappa shape index (κ2) is 6.06. The van der Waals surface area contributed by atoms with Gasteiger partial charge in [0, 0.05) is 18.5 Å². The number of aromatic nitrogens is 1. The Bertz CT molecular complexity index is 584. The molecule has 1 saturated heterocycles. The molecule has 20 heavy (non-hydrogen) atoms. The number of anilines is 1. The van der Waals surface area contributed by atoms with Crippen molar-refractivity contribution in [2.45, 2.75) is 25.4 Å². The van der Waals surface area contributed by atoms with Crippen LogP contribution in [0.5, 0.6) is 0 Å². The van der Waals surface area contributed by atoms with E-state index in [1.807, 2.05) is 0 Å². The first kappa shape index (κ1) is 15.2. The Morgan fingerprint density at radius 1 is 1.65 bits per heavy atom. The zero-order valence-corrected chi connectivity index (χ0v) is 12.7. The first-order chi connectivity index (χ1) is 9.33. The van der Waals surface area contributed by atoms with Gasteiger partial charge in [-0.2, -0.15) is 0 Å². The summed E-state index contributed by atoms with van der Waals surface area (Å²) in [5.74, 6) is -0.0973. The lowest BCUT2D eigenvalue weighted by molar-refractivity contribution is -0.133. The fraction of sp³-hybridized carbons (Fsp3) is 0.636. The van der Waals surface area contributed by atoms with Crippen molar-refractivity contribution in [3.63, 3.8) is 0 Å². The van der Waals surface area contributed by atoms with Crippen molar-refractivity contribution >= 4 is 32.4 Å². The van der Waals surface area contributed by atoms with Gasteiger partial charge in [-0.05, 0) is 12.8 Å². The molecule has 1 aromatic rings. The van der Waals surface area contributed by atoms with Crippen LogP contribution in [0, 0.1) is 0 Å². The number of carbonyl (C=O) groups is 1. The summed E-state index contributed by atoms with van der Waals surface area (Å²) in [5.41, 5.74) is 0.534. The smallest absolute Gasteiger partial charge is 0.231 e. The third kappa shape index (κ3) is 4.43. The number of nitrogens with zero attached hydrogens (tertiary/aromatic N) is 2. The van der Waals surface area contributed by atoms with Crippen molar-refractivity contribution in [3.8, 4) is 0 Å². The molecule has 1 atom stereocenters. The van der Waals surface area contributed by atoms with Gasteiger partial charge in [0.05, 0.1) is 24.5 Å². The highest BCUT2D eigenvalue weighted by atomic mass is 32.2. The van der Waals surface area contributed by atoms with Gasteiger partial charge < -0.3 is 10.0 Å². The van der Waals surface area contributed by atoms with E-state index in [0.717, 1.165) is 30.4 Å². The second-order valence-electron chi connectivity index (χ2n) is 4.83. The lowest BCUT2D eigenvalue weighted by atomic mass is 10.1. The molecule has 0 radical (unpaired) electrons. The molecule has 112 valence electrons. The van der Waals surface area contributed by atoms with Gasteiger partial charge in [-0.25, -0.2) is 13.4 Å². The maximum Gasteiger partial charge on any atom is 0.231 e. The van der Waals surface area contributed by atoms with Gasteiger partial charge in [0.2, 0.25) is 15.9 Å². The van der Waals surface area contributed by atoms with Crippen LogP contribution >= 0.6 is 11.3 Å². The Labute approximate surface area is 121 Å². The van der Waals surface area contributed by atoms with Gasteiger partial charge >= 0.3 is 0 Å². The Hall–Kier alpha value is -1.19. The largest absolute Gasteiger partial charge is 0.391 e. The van der Waals surface area contributed by atoms with Gasteiger partial charge in [-0.15, -0.1) is 11.3 Å². The number of β-amino-alcohol motifs (C(OH)–C–C–N with tert-alkyl or cyclic N) is 1. The van der Waals surface area contributed by atoms with Gasteiger partial charge in [0.1, 0.15) is 0 Å². The molecule has 2 heterocycles. The molecule has 9 heteroatoms. The number of hydrogen-bond acceptors (Lipinski definition) is 6. The van der Waals surface area contributed by atoms with Crippen molar-refractivity contribution in [1.82, 2.24) is 9.88 Å². The third-order valence-electron chi connectivity index (χ3n) is 2.91. The summed E-state index contributed by atoms with van der Waals surface area (Å²) in [6, 6.07) is 0. The van der Waals surface area contributed by atoms with E-state index < -0.39 is 16.1 Å². The minimum atomic E-state index is -3.35. The van der Waals surface area contributed by atoms with E-state index in [1.165, 1.54) is 0 Å². The van der Waals surface area contributed by atoms with Crippen LogP contribution in [0.4, 0.5) is 5.13 Å². The van der Waals surface area contributed by atoms with Crippen LogP contribution in [-0.2, 0) is 21.2 Å². The number of aliphatic hydroxyl groups excluding tert-OH is 1. The number of rotatable bonds is 4. The fourth-order valence-electron chi connectivity index (χ4n) is 2.04. The van der Waals surface area contributed by atoms with Crippen LogP contribution in [0.2, 0.25) is 0 Å². The summed E-state index contributed by atoms with van der Waals surface area (Å²) < 4.78 is 24.4. The molecule has 0 spiro atoms. The van der Waals surface area contributed by atoms with Gasteiger partial charge in [-0.1, -0.05) is 0 Å². The van der Waals surface area contributed by atoms with E-state index in [-0.39, 0.29) is 17.5 Å². The molecular weight excluding hydrogens is 302 g/mol. The second-order valence-corrected chi connectivity index (χ2v) is 7.44. The monoisotopic (exact) mass is 319 g/mol. The van der Waals surface area contributed by atoms with E-state index in [0.29, 0.717) is 18.8 Å². The number of likely N-dealkylation sites (tertiary alicyclic amines) is 1. The Morgan fingerprint density at radius 3 is 3.05 bits per heavy atom. The SMILES string of the molecule is CS(=O)(=O)Nc1nc(CC(=O)N2CCCC(O)C2)cs1. The highest BCUT2D eigenvalue weighted by Gasteiger charge is 2.22. The van der Waals surface area contributed by atoms with Crippen LogP contribution in [0.25, 0.3) is 0 Å². The first-order valence-corrected chi connectivity index (χ1v) is 8.98. The van der Waals surface area contributed by atoms with Crippen LogP contribution < -0.4 is 4.72 Å². The summed E-state index contributed by atoms with van der Waals surface area (Å²) in [5, 5.41) is 11.5. The summed E-state index contributed by atoms with van der Waals surface area (Å²) in [4.78, 5) is 17.7. The summed E-state index contributed by atoms with van der Waals surface area (Å²) in [7, 11) is -3.35. The van der Waals surface area contributed by atoms with Crippen molar-refractivity contribution in [2.75, 3.05) is 24.1 Å². The minimum absolute atomic E-state index is 0.0973. The van der Waals surface area contributed by atoms with Crippen molar-refractivity contribution in [3.05, 3.63) is 11.1 Å². The average Bonchev–Trinajstić information content (AvgIpc) is 2.74. The van der Waals surface area contributed by atoms with Crippen molar-refractivity contribution in [1.29, 1.82) is 0 Å². The number of thiazole rings is 1. The number of sulfonamides is 1. The Balaban J connectivity index is 1.94. The lowest BCUT2D eigenvalue weighted by Crippen LogP contribution is -2.42. The molecule has 1 fully saturated rings. The highest BCUT2D eigenvalue weighted by molar-refractivity contribution is 7.92. The molecule has 2 rings (SSSR count). The lowest BCUT2D eigenvalue weighted by Gasteiger charge is -2.29. The number of carbonyl (C=O) groups excluding carboxylic acids is 1. The number of hydrogen-bond donors (Lipinski definition) is 2. The number of amides is 1. The van der Waals surface area contributed by atoms with Crippen LogP contribution in [-0.4, -0.2) is 54.8 Å². The molecule has 1 unspecified atom stereocenters. The molecule has 0 aromatic carbocycles. The fourth-order valence-corrected chi connectivity index (χ4v) is 3.60. The van der Waals surface area contributed by atoms with Crippen LogP contribution in [0.3, 0.4) is 0 Å². The molecule has 1 aromatic heterocycles. The standard InChI is InChI=1S/C11H17N3O4S2/c1-20(17,18)13-11-12-8(7-19-11)5-10(16)14-4-2-3-9(15)6-14/h7,9,15H,2-6H2,1H3,(H,12,13). The molecule has 0 bridgehead atoms. The Kier molecular flexibility index (Phi) is 4.61. The van der Waals surface area contributed by atoms with Crippen LogP contribution in [0.1, 0.15) is 18.5 Å². The zero-order valence-electron chi connectivity index (χ0n) is 11.1. The quantitative estimate of drug-likeness (QED) is 0.816. The number of aliphatic hydroxyl groups is 1. The van der Waals surface area contributed by atoms with Gasteiger partial charge in [-0.3, -0.25) is 9.52 Å². The molecular formula is C11H17N3O4S2. The molecule has 2 N–H and O–H groups in total. The van der Waals surface area contributed by atoms with Crippen LogP contribution in [0.15, 0.2) is 5.38 Å². The molecule has 0 aliphatic carbocycles. The number of piperidine rings is 1. The van der Waals surface area contributed by atoms with Gasteiger partial charge in [0.25, 0.3) is 0 Å². The maximum absolute atomic E-state index is 12.0. The first-order valence-electron chi connectivity index (χ1n) is 6.21. The zero-order chi connectivity index (χ0) is 14.8. The molecule has 1 amide bonds. The molecule has 1 aliphatic heterocycles. The average molecular weight is 319 g/mol. The molecule has 7 nitrogen and oxygen atoms in total. The maximum atomic E-state index is 12.0. The predicted octanol–water partition coefficient (Wildman–Crippen LogP) is 0.0404. The summed E-state index contributed by atoms with van der Waals surface area (Å²) in [6.07, 6.45) is 2.24. The Morgan fingerprint density at radius 2 is 2.40 bits per heavy atom. The van der Waals surface area contributed by atoms with E-state index in [9.17, 15) is 18.3 Å². The molecule has 1 aliphatic rings. The van der Waals surface area contributed by atoms with Crippen molar-refractivity contribution < 1.29 is 18.3 Å². The van der Waals surface area contributed by atoms with Gasteiger partial charge in [0.15, 0.2) is 5.13 Å². The number of nitrogens with one attached hydrogen (secondary N) is 1. The predicted molar refractivity (Wildman–Crippen MR) is 76.1 cm³/mol. The minimum Gasteiger partial charge on any atom is -0.391 e. The highest BCUT2D eigenvalue weighted by Crippen LogP contribution is 2.18. The van der Waals surface area contributed by atoms with E-state index in [4.69, 9.17) is 0 Å². The van der Waals surface area contributed by atoms with E-state index in [1.54, 1.807) is 10.3 Å². The van der Waals surface area contributed by atoms with Crippen molar-refractivity contribution in [2.24, 2.45) is 0 Å². The summed E-state index contributed by atoms with van der Waals surface area (Å²) >= 11 is 1.14.